The van der Waals surface area contributed by atoms with Crippen LogP contribution in [0.3, 0.4) is 0 Å². The largest absolute Gasteiger partial charge is 0.167 e. The van der Waals surface area contributed by atoms with E-state index in [1.807, 2.05) is 0 Å². The van der Waals surface area contributed by atoms with Crippen LogP contribution in [0.25, 0.3) is 17.2 Å². The molecule has 0 bridgehead atoms. The van der Waals surface area contributed by atoms with Gasteiger partial charge in [-0.25, -0.2) is 0 Å². The molecule has 0 aliphatic heterocycles. The van der Waals surface area contributed by atoms with Crippen LogP contribution in [0.1, 0.15) is 30.5 Å². The Kier molecular flexibility index (Phi) is 4.05. The van der Waals surface area contributed by atoms with E-state index < -0.39 is 7.38 Å². The van der Waals surface area contributed by atoms with E-state index in [0.29, 0.717) is 11.5 Å². The van der Waals surface area contributed by atoms with E-state index in [2.05, 4.69) is 81.5 Å². The van der Waals surface area contributed by atoms with E-state index in [0.717, 1.165) is 0 Å². The van der Waals surface area contributed by atoms with Crippen molar-refractivity contribution in [1.29, 1.82) is 0 Å². The summed E-state index contributed by atoms with van der Waals surface area (Å²) in [7, 11) is -1.82. The summed E-state index contributed by atoms with van der Waals surface area (Å²) < 4.78 is 0. The Labute approximate surface area is 139 Å². The highest BCUT2D eigenvalue weighted by Crippen LogP contribution is 2.48. The Hall–Kier alpha value is -1.31. The Morgan fingerprint density at radius 2 is 1.64 bits per heavy atom. The standard InChI is InChI=1S/C20H23ClSi/c1-14(2)18-13-19-16(15-9-6-5-7-10-15)11-8-12-17(19)20(18)22(3,4)21/h5-14,20H,1-4H3. The third-order valence-corrected chi connectivity index (χ3v) is 7.21. The third-order valence-electron chi connectivity index (χ3n) is 4.53. The first-order valence-corrected chi connectivity index (χ1v) is 12.1. The average molecular weight is 327 g/mol. The lowest BCUT2D eigenvalue weighted by Gasteiger charge is -2.28. The highest BCUT2D eigenvalue weighted by molar-refractivity contribution is 7.20. The molecule has 1 atom stereocenters. The van der Waals surface area contributed by atoms with Crippen LogP contribution in [-0.4, -0.2) is 7.38 Å². The van der Waals surface area contributed by atoms with E-state index >= 15 is 0 Å². The van der Waals surface area contributed by atoms with Crippen LogP contribution in [0.4, 0.5) is 0 Å². The van der Waals surface area contributed by atoms with Crippen molar-refractivity contribution in [2.45, 2.75) is 32.5 Å². The molecule has 3 rings (SSSR count). The van der Waals surface area contributed by atoms with Gasteiger partial charge in [0.25, 0.3) is 0 Å². The highest BCUT2D eigenvalue weighted by Gasteiger charge is 2.39. The Bertz CT molecular complexity index is 708. The van der Waals surface area contributed by atoms with Gasteiger partial charge in [0.15, 0.2) is 7.38 Å². The molecule has 0 heterocycles. The lowest BCUT2D eigenvalue weighted by Crippen LogP contribution is -2.30. The summed E-state index contributed by atoms with van der Waals surface area (Å²) in [6.45, 7) is 9.09. The summed E-state index contributed by atoms with van der Waals surface area (Å²) in [5.74, 6) is 0.534. The number of halogens is 1. The minimum atomic E-state index is -1.82. The summed E-state index contributed by atoms with van der Waals surface area (Å²) in [6, 6.07) is 17.3. The molecule has 2 heteroatoms. The summed E-state index contributed by atoms with van der Waals surface area (Å²) >= 11 is 6.90. The second kappa shape index (κ2) is 5.71. The normalized spacial score (nSPS) is 17.5. The molecule has 0 aromatic heterocycles. The molecule has 1 unspecified atom stereocenters. The molecular formula is C20H23ClSi. The van der Waals surface area contributed by atoms with Gasteiger partial charge in [-0.05, 0) is 28.2 Å². The van der Waals surface area contributed by atoms with E-state index in [4.69, 9.17) is 11.1 Å². The van der Waals surface area contributed by atoms with Crippen molar-refractivity contribution in [1.82, 2.24) is 0 Å². The van der Waals surface area contributed by atoms with Gasteiger partial charge in [-0.2, -0.15) is 11.1 Å². The molecule has 0 amide bonds. The fourth-order valence-electron chi connectivity index (χ4n) is 3.56. The predicted octanol–water partition coefficient (Wildman–Crippen LogP) is 6.47. The molecule has 0 saturated carbocycles. The van der Waals surface area contributed by atoms with E-state index in [1.165, 1.54) is 27.8 Å². The fraction of sp³-hybridized carbons (Fsp3) is 0.300. The zero-order chi connectivity index (χ0) is 15.9. The van der Waals surface area contributed by atoms with Crippen LogP contribution in [0.2, 0.25) is 13.1 Å². The first-order chi connectivity index (χ1) is 10.4. The van der Waals surface area contributed by atoms with Gasteiger partial charge in [0.1, 0.15) is 0 Å². The van der Waals surface area contributed by atoms with Crippen LogP contribution in [0, 0.1) is 5.92 Å². The van der Waals surface area contributed by atoms with Gasteiger partial charge < -0.3 is 0 Å². The van der Waals surface area contributed by atoms with Crippen molar-refractivity contribution in [3.8, 4) is 11.1 Å². The monoisotopic (exact) mass is 326 g/mol. The molecule has 0 spiro atoms. The van der Waals surface area contributed by atoms with Crippen LogP contribution in [0.15, 0.2) is 54.1 Å². The van der Waals surface area contributed by atoms with Crippen molar-refractivity contribution in [2.75, 3.05) is 0 Å². The number of benzene rings is 2. The molecule has 0 saturated heterocycles. The molecule has 1 aliphatic rings. The highest BCUT2D eigenvalue weighted by atomic mass is 35.6. The van der Waals surface area contributed by atoms with Gasteiger partial charge in [-0.15, -0.1) is 0 Å². The maximum absolute atomic E-state index is 6.90. The van der Waals surface area contributed by atoms with E-state index in [9.17, 15) is 0 Å². The summed E-state index contributed by atoms with van der Waals surface area (Å²) in [6.07, 6.45) is 2.41. The maximum Gasteiger partial charge on any atom is 0.161 e. The lowest BCUT2D eigenvalue weighted by molar-refractivity contribution is 0.739. The van der Waals surface area contributed by atoms with Gasteiger partial charge >= 0.3 is 0 Å². The van der Waals surface area contributed by atoms with Gasteiger partial charge in [0.2, 0.25) is 0 Å². The Morgan fingerprint density at radius 1 is 0.955 bits per heavy atom. The fourth-order valence-corrected chi connectivity index (χ4v) is 6.49. The van der Waals surface area contributed by atoms with Gasteiger partial charge in [0, 0.05) is 5.54 Å². The molecule has 22 heavy (non-hydrogen) atoms. The molecule has 0 nitrogen and oxygen atoms in total. The van der Waals surface area contributed by atoms with Crippen molar-refractivity contribution in [2.24, 2.45) is 5.92 Å². The van der Waals surface area contributed by atoms with Crippen LogP contribution in [0.5, 0.6) is 0 Å². The van der Waals surface area contributed by atoms with Crippen molar-refractivity contribution >= 4 is 24.5 Å². The molecule has 0 fully saturated rings. The zero-order valence-electron chi connectivity index (χ0n) is 13.7. The molecular weight excluding hydrogens is 304 g/mol. The van der Waals surface area contributed by atoms with E-state index in [-0.39, 0.29) is 0 Å². The number of fused-ring (bicyclic) bond motifs is 1. The van der Waals surface area contributed by atoms with Crippen LogP contribution in [-0.2, 0) is 0 Å². The molecule has 2 aromatic rings. The predicted molar refractivity (Wildman–Crippen MR) is 101 cm³/mol. The summed E-state index contributed by atoms with van der Waals surface area (Å²) in [4.78, 5) is 0. The van der Waals surface area contributed by atoms with Gasteiger partial charge in [0.05, 0.1) is 0 Å². The second-order valence-electron chi connectivity index (χ2n) is 6.97. The topological polar surface area (TPSA) is 0 Å². The summed E-state index contributed by atoms with van der Waals surface area (Å²) in [5, 5.41) is 0. The quantitative estimate of drug-likeness (QED) is 0.447. The minimum absolute atomic E-state index is 0.424. The van der Waals surface area contributed by atoms with Crippen LogP contribution >= 0.6 is 11.1 Å². The van der Waals surface area contributed by atoms with Crippen molar-refractivity contribution < 1.29 is 0 Å². The third kappa shape index (κ3) is 2.68. The Morgan fingerprint density at radius 3 is 2.23 bits per heavy atom. The van der Waals surface area contributed by atoms with Gasteiger partial charge in [-0.3, -0.25) is 0 Å². The lowest BCUT2D eigenvalue weighted by atomic mass is 9.97. The summed E-state index contributed by atoms with van der Waals surface area (Å²) in [5.41, 5.74) is 7.35. The number of hydrogen-bond acceptors (Lipinski definition) is 0. The number of allylic oxidation sites excluding steroid dienone is 1. The van der Waals surface area contributed by atoms with Crippen molar-refractivity contribution in [3.05, 3.63) is 65.2 Å². The number of rotatable bonds is 3. The average Bonchev–Trinajstić information content (AvgIpc) is 2.87. The van der Waals surface area contributed by atoms with Crippen LogP contribution < -0.4 is 0 Å². The molecule has 1 aliphatic carbocycles. The number of hydrogen-bond donors (Lipinski definition) is 0. The maximum atomic E-state index is 6.90. The molecule has 2 aromatic carbocycles. The van der Waals surface area contributed by atoms with E-state index in [1.54, 1.807) is 0 Å². The second-order valence-corrected chi connectivity index (χ2v) is 13.6. The minimum Gasteiger partial charge on any atom is -0.167 e. The first kappa shape index (κ1) is 15.6. The molecule has 0 radical (unpaired) electrons. The smallest absolute Gasteiger partial charge is 0.161 e. The SMILES string of the molecule is CC(C)C1=Cc2c(-c3ccccc3)cccc2C1[Si](C)(C)Cl. The first-order valence-electron chi connectivity index (χ1n) is 7.98. The molecule has 114 valence electrons. The zero-order valence-corrected chi connectivity index (χ0v) is 15.5. The van der Waals surface area contributed by atoms with Gasteiger partial charge in [-0.1, -0.05) is 87.1 Å². The van der Waals surface area contributed by atoms with Crippen molar-refractivity contribution in [3.63, 3.8) is 0 Å². The molecule has 0 N–H and O–H groups in total. The Balaban J connectivity index is 2.21.